The molecule has 0 bridgehead atoms. The fraction of sp³-hybridized carbons (Fsp3) is 0.946. The number of hydrogen-bond acceptors (Lipinski definition) is 15. The highest BCUT2D eigenvalue weighted by molar-refractivity contribution is 7.47. The van der Waals surface area contributed by atoms with Crippen LogP contribution in [0.2, 0.25) is 0 Å². The van der Waals surface area contributed by atoms with E-state index in [1.54, 1.807) is 0 Å². The van der Waals surface area contributed by atoms with Gasteiger partial charge in [0.2, 0.25) is 0 Å². The van der Waals surface area contributed by atoms with Crippen LogP contribution in [0.5, 0.6) is 0 Å². The van der Waals surface area contributed by atoms with Gasteiger partial charge in [0.25, 0.3) is 0 Å². The van der Waals surface area contributed by atoms with Crippen molar-refractivity contribution in [3.8, 4) is 0 Å². The largest absolute Gasteiger partial charge is 0.472 e. The number of ether oxygens (including phenoxy) is 4. The summed E-state index contributed by atoms with van der Waals surface area (Å²) in [5.41, 5.74) is 0. The van der Waals surface area contributed by atoms with Crippen LogP contribution in [0, 0.1) is 5.92 Å². The lowest BCUT2D eigenvalue weighted by atomic mass is 10.0. The Morgan fingerprint density at radius 3 is 0.731 bits per heavy atom. The number of carbonyl (C=O) groups excluding carboxylic acids is 4. The Bertz CT molecular complexity index is 1790. The number of phosphoric acid groups is 2. The zero-order valence-electron chi connectivity index (χ0n) is 60.4. The van der Waals surface area contributed by atoms with E-state index in [0.717, 1.165) is 96.3 Å². The summed E-state index contributed by atoms with van der Waals surface area (Å²) in [6.45, 7) is 7.18. The fourth-order valence-corrected chi connectivity index (χ4v) is 12.9. The highest BCUT2D eigenvalue weighted by Crippen LogP contribution is 2.45. The first-order valence-corrected chi connectivity index (χ1v) is 41.6. The standard InChI is InChI=1S/C74H144O17P2/c1-6-9-12-15-18-21-23-25-27-28-29-30-31-33-35-37-39-44-49-54-59-73(78)90-69(64-85-72(77)58-53-48-43-38-36-34-32-26-24-22-19-16-13-10-7-2)65-88-92(80,81)86-61-68(75)62-87-93(82,83)89-66-70(63-84-71(76)57-52-47-42-20-17-14-11-8-3)91-74(79)60-55-50-45-40-41-46-51-56-67(4)5/h67-70,75H,6-66H2,1-5H3,(H,80,81)(H,82,83)/t68-,69-,70-/m1/s1. The average Bonchev–Trinajstić information content (AvgIpc) is 2.44. The highest BCUT2D eigenvalue weighted by Gasteiger charge is 2.30. The number of aliphatic hydroxyl groups excluding tert-OH is 1. The van der Waals surface area contributed by atoms with Gasteiger partial charge in [0, 0.05) is 25.7 Å². The summed E-state index contributed by atoms with van der Waals surface area (Å²) in [5, 5.41) is 10.6. The maximum atomic E-state index is 13.1. The predicted molar refractivity (Wildman–Crippen MR) is 377 cm³/mol. The van der Waals surface area contributed by atoms with Gasteiger partial charge >= 0.3 is 39.5 Å². The average molecular weight is 1370 g/mol. The molecule has 93 heavy (non-hydrogen) atoms. The molecule has 0 aromatic rings. The van der Waals surface area contributed by atoms with E-state index in [4.69, 9.17) is 37.0 Å². The number of rotatable bonds is 74. The van der Waals surface area contributed by atoms with Gasteiger partial charge in [-0.15, -0.1) is 0 Å². The number of carbonyl (C=O) groups is 4. The Morgan fingerprint density at radius 2 is 0.495 bits per heavy atom. The van der Waals surface area contributed by atoms with E-state index in [-0.39, 0.29) is 25.7 Å². The van der Waals surface area contributed by atoms with Crippen LogP contribution in [0.15, 0.2) is 0 Å². The van der Waals surface area contributed by atoms with E-state index < -0.39 is 97.5 Å². The third-order valence-corrected chi connectivity index (χ3v) is 19.2. The summed E-state index contributed by atoms with van der Waals surface area (Å²) in [6, 6.07) is 0. The molecule has 19 heteroatoms. The first-order chi connectivity index (χ1) is 45.0. The van der Waals surface area contributed by atoms with Gasteiger partial charge in [-0.2, -0.15) is 0 Å². The van der Waals surface area contributed by atoms with E-state index >= 15 is 0 Å². The second-order valence-electron chi connectivity index (χ2n) is 27.2. The molecule has 0 aliphatic carbocycles. The van der Waals surface area contributed by atoms with Crippen LogP contribution in [0.4, 0.5) is 0 Å². The smallest absolute Gasteiger partial charge is 0.462 e. The Hall–Kier alpha value is -1.94. The van der Waals surface area contributed by atoms with Crippen LogP contribution in [-0.2, 0) is 65.4 Å². The molecule has 0 amide bonds. The quantitative estimate of drug-likeness (QED) is 0.0222. The van der Waals surface area contributed by atoms with Crippen molar-refractivity contribution < 1.29 is 80.2 Å². The molecule has 0 aliphatic rings. The molecule has 0 radical (unpaired) electrons. The lowest BCUT2D eigenvalue weighted by Gasteiger charge is -2.21. The molecule has 0 fully saturated rings. The summed E-state index contributed by atoms with van der Waals surface area (Å²) in [7, 11) is -9.90. The Labute approximate surface area is 568 Å². The molecular formula is C74H144O17P2. The van der Waals surface area contributed by atoms with Gasteiger partial charge in [-0.05, 0) is 31.6 Å². The number of aliphatic hydroxyl groups is 1. The van der Waals surface area contributed by atoms with Crippen molar-refractivity contribution in [2.45, 2.75) is 406 Å². The number of hydrogen-bond donors (Lipinski definition) is 3. The molecule has 0 spiro atoms. The number of unbranched alkanes of at least 4 members (excludes halogenated alkanes) is 46. The van der Waals surface area contributed by atoms with E-state index in [0.29, 0.717) is 31.6 Å². The summed E-state index contributed by atoms with van der Waals surface area (Å²) in [6.07, 6.45) is 55.8. The normalized spacial score (nSPS) is 14.0. The minimum absolute atomic E-state index is 0.104. The lowest BCUT2D eigenvalue weighted by molar-refractivity contribution is -0.161. The topological polar surface area (TPSA) is 237 Å². The van der Waals surface area contributed by atoms with E-state index in [1.165, 1.54) is 205 Å². The molecule has 3 N–H and O–H groups in total. The van der Waals surface area contributed by atoms with Gasteiger partial charge in [-0.3, -0.25) is 37.3 Å². The first kappa shape index (κ1) is 91.1. The molecule has 0 saturated carbocycles. The zero-order valence-corrected chi connectivity index (χ0v) is 62.2. The molecule has 5 atom stereocenters. The SMILES string of the molecule is CCCCCCCCCCCCCCCCCCCCCCC(=O)O[C@H](COC(=O)CCCCCCCCCCCCCCCCC)COP(=O)(O)OC[C@@H](O)COP(=O)(O)OC[C@@H](COC(=O)CCCCCCCCCC)OC(=O)CCCCCCCCCC(C)C. The van der Waals surface area contributed by atoms with Crippen LogP contribution in [0.1, 0.15) is 388 Å². The lowest BCUT2D eigenvalue weighted by Crippen LogP contribution is -2.30. The van der Waals surface area contributed by atoms with Crippen LogP contribution in [-0.4, -0.2) is 96.7 Å². The van der Waals surface area contributed by atoms with Gasteiger partial charge in [0.1, 0.15) is 19.3 Å². The second-order valence-corrected chi connectivity index (χ2v) is 30.1. The fourth-order valence-electron chi connectivity index (χ4n) is 11.4. The molecule has 0 saturated heterocycles. The third kappa shape index (κ3) is 68.4. The van der Waals surface area contributed by atoms with Crippen LogP contribution >= 0.6 is 15.6 Å². The van der Waals surface area contributed by atoms with Gasteiger partial charge in [0.05, 0.1) is 26.4 Å². The van der Waals surface area contributed by atoms with Gasteiger partial charge in [-0.25, -0.2) is 9.13 Å². The summed E-state index contributed by atoms with van der Waals surface area (Å²) in [5.74, 6) is -1.43. The highest BCUT2D eigenvalue weighted by atomic mass is 31.2. The Balaban J connectivity index is 5.18. The minimum atomic E-state index is -4.95. The van der Waals surface area contributed by atoms with Crippen molar-refractivity contribution in [2.75, 3.05) is 39.6 Å². The number of phosphoric ester groups is 2. The maximum absolute atomic E-state index is 13.1. The molecule has 0 heterocycles. The molecule has 0 aromatic heterocycles. The Kier molecular flexibility index (Phi) is 65.9. The van der Waals surface area contributed by atoms with Crippen molar-refractivity contribution in [1.82, 2.24) is 0 Å². The maximum Gasteiger partial charge on any atom is 0.472 e. The molecule has 0 aromatic carbocycles. The molecule has 17 nitrogen and oxygen atoms in total. The second kappa shape index (κ2) is 67.3. The van der Waals surface area contributed by atoms with Crippen molar-refractivity contribution in [1.29, 1.82) is 0 Å². The summed E-state index contributed by atoms with van der Waals surface area (Å²) >= 11 is 0. The van der Waals surface area contributed by atoms with E-state index in [1.807, 2.05) is 0 Å². The third-order valence-electron chi connectivity index (χ3n) is 17.3. The first-order valence-electron chi connectivity index (χ1n) is 38.6. The predicted octanol–water partition coefficient (Wildman–Crippen LogP) is 21.7. The van der Waals surface area contributed by atoms with Crippen molar-refractivity contribution in [2.24, 2.45) is 5.92 Å². The molecule has 0 aliphatic heterocycles. The van der Waals surface area contributed by atoms with Crippen LogP contribution in [0.25, 0.3) is 0 Å². The van der Waals surface area contributed by atoms with E-state index in [2.05, 4.69) is 34.6 Å². The molecule has 552 valence electrons. The van der Waals surface area contributed by atoms with Crippen molar-refractivity contribution >= 4 is 39.5 Å². The Morgan fingerprint density at radius 1 is 0.290 bits per heavy atom. The number of esters is 4. The molecular weight excluding hydrogens is 1220 g/mol. The summed E-state index contributed by atoms with van der Waals surface area (Å²) < 4.78 is 68.3. The van der Waals surface area contributed by atoms with Crippen LogP contribution < -0.4 is 0 Å². The molecule has 0 rings (SSSR count). The van der Waals surface area contributed by atoms with E-state index in [9.17, 15) is 43.2 Å². The van der Waals surface area contributed by atoms with Gasteiger partial charge in [-0.1, -0.05) is 336 Å². The van der Waals surface area contributed by atoms with Gasteiger partial charge in [0.15, 0.2) is 12.2 Å². The monoisotopic (exact) mass is 1370 g/mol. The van der Waals surface area contributed by atoms with Crippen molar-refractivity contribution in [3.05, 3.63) is 0 Å². The van der Waals surface area contributed by atoms with Crippen LogP contribution in [0.3, 0.4) is 0 Å². The summed E-state index contributed by atoms with van der Waals surface area (Å²) in [4.78, 5) is 72.6. The molecule has 2 unspecified atom stereocenters. The van der Waals surface area contributed by atoms with Crippen molar-refractivity contribution in [3.63, 3.8) is 0 Å². The minimum Gasteiger partial charge on any atom is -0.462 e. The zero-order chi connectivity index (χ0) is 68.4. The van der Waals surface area contributed by atoms with Gasteiger partial charge < -0.3 is 33.8 Å².